The van der Waals surface area contributed by atoms with Crippen LogP contribution in [0.1, 0.15) is 42.2 Å². The van der Waals surface area contributed by atoms with Crippen LogP contribution in [0.4, 0.5) is 0 Å². The molecule has 0 spiro atoms. The Morgan fingerprint density at radius 1 is 1.23 bits per heavy atom. The van der Waals surface area contributed by atoms with Crippen LogP contribution >= 0.6 is 11.6 Å². The van der Waals surface area contributed by atoms with Crippen molar-refractivity contribution in [3.63, 3.8) is 0 Å². The second-order valence-electron chi connectivity index (χ2n) is 8.43. The van der Waals surface area contributed by atoms with E-state index in [9.17, 15) is 14.7 Å². The molecular weight excluding hydrogens is 422 g/mol. The van der Waals surface area contributed by atoms with Crippen molar-refractivity contribution in [1.29, 1.82) is 0 Å². The number of hydrogen-bond acceptors (Lipinski definition) is 5. The van der Waals surface area contributed by atoms with Crippen LogP contribution in [0.25, 0.3) is 11.3 Å². The zero-order valence-corrected chi connectivity index (χ0v) is 19.0. The third-order valence-electron chi connectivity index (χ3n) is 5.66. The molecule has 0 bridgehead atoms. The highest BCUT2D eigenvalue weighted by Gasteiger charge is 2.37. The maximum absolute atomic E-state index is 12.5. The van der Waals surface area contributed by atoms with Gasteiger partial charge in [-0.2, -0.15) is 0 Å². The smallest absolute Gasteiger partial charge is 0.341 e. The molecule has 168 valence electrons. The van der Waals surface area contributed by atoms with Gasteiger partial charge in [0.15, 0.2) is 5.43 Å². The number of methoxy groups -OCH3 is 2. The predicted molar refractivity (Wildman–Crippen MR) is 118 cm³/mol. The first-order valence-electron chi connectivity index (χ1n) is 10.1. The van der Waals surface area contributed by atoms with Gasteiger partial charge < -0.3 is 23.9 Å². The van der Waals surface area contributed by atoms with Crippen LogP contribution in [0.3, 0.4) is 0 Å². The third-order valence-corrected chi connectivity index (χ3v) is 5.96. The van der Waals surface area contributed by atoms with E-state index < -0.39 is 11.4 Å². The van der Waals surface area contributed by atoms with Crippen LogP contribution in [-0.4, -0.2) is 49.7 Å². The molecule has 0 saturated carbocycles. The molecule has 0 fully saturated rings. The molecule has 1 aromatic heterocycles. The number of rotatable bonds is 9. The maximum atomic E-state index is 12.5. The van der Waals surface area contributed by atoms with Crippen molar-refractivity contribution in [3.05, 3.63) is 50.8 Å². The minimum atomic E-state index is -1.24. The average Bonchev–Trinajstić information content (AvgIpc) is 2.70. The van der Waals surface area contributed by atoms with Gasteiger partial charge in [0.05, 0.1) is 23.9 Å². The first kappa shape index (κ1) is 23.3. The lowest BCUT2D eigenvalue weighted by molar-refractivity contribution is 0.0615. The zero-order chi connectivity index (χ0) is 22.8. The number of halogens is 1. The molecule has 0 radical (unpaired) electrons. The molecule has 1 atom stereocenters. The van der Waals surface area contributed by atoms with Gasteiger partial charge in [-0.3, -0.25) is 4.79 Å². The summed E-state index contributed by atoms with van der Waals surface area (Å²) in [6.07, 6.45) is 2.80. The number of nitrogens with zero attached hydrogens (tertiary/aromatic N) is 1. The first-order chi connectivity index (χ1) is 14.7. The Morgan fingerprint density at radius 3 is 2.61 bits per heavy atom. The second kappa shape index (κ2) is 9.42. The number of aromatic carboxylic acids is 1. The lowest BCUT2D eigenvalue weighted by Crippen LogP contribution is -2.37. The third kappa shape index (κ3) is 4.79. The fourth-order valence-corrected chi connectivity index (χ4v) is 4.33. The molecule has 1 aliphatic rings. The minimum absolute atomic E-state index is 0.129. The summed E-state index contributed by atoms with van der Waals surface area (Å²) in [5, 5.41) is 9.91. The quantitative estimate of drug-likeness (QED) is 0.581. The predicted octanol–water partition coefficient (Wildman–Crippen LogP) is 4.05. The Bertz CT molecular complexity index is 1030. The topological polar surface area (TPSA) is 87.0 Å². The van der Waals surface area contributed by atoms with E-state index in [1.807, 2.05) is 10.6 Å². The van der Waals surface area contributed by atoms with Gasteiger partial charge in [0, 0.05) is 56.5 Å². The molecule has 1 aromatic carbocycles. The fraction of sp³-hybridized carbons (Fsp3) is 0.478. The van der Waals surface area contributed by atoms with Crippen LogP contribution < -0.4 is 10.2 Å². The van der Waals surface area contributed by atoms with Crippen molar-refractivity contribution in [3.8, 4) is 17.0 Å². The van der Waals surface area contributed by atoms with Crippen molar-refractivity contribution in [2.75, 3.05) is 34.0 Å². The number of ether oxygens (including phenoxy) is 3. The fourth-order valence-electron chi connectivity index (χ4n) is 4.11. The van der Waals surface area contributed by atoms with Gasteiger partial charge >= 0.3 is 5.97 Å². The van der Waals surface area contributed by atoms with Crippen LogP contribution in [0.15, 0.2) is 29.2 Å². The summed E-state index contributed by atoms with van der Waals surface area (Å²) in [6.45, 7) is 5.66. The second-order valence-corrected chi connectivity index (χ2v) is 8.83. The SMILES string of the molecule is COCCCOc1cc2c(cc1Cl)-c1cc(=O)c(C(=O)O)cn1[C@H](C(C)(C)COC)C2. The Hall–Kier alpha value is -2.35. The lowest BCUT2D eigenvalue weighted by Gasteiger charge is -2.40. The van der Waals surface area contributed by atoms with Crippen LogP contribution in [0.5, 0.6) is 5.75 Å². The van der Waals surface area contributed by atoms with E-state index in [-0.39, 0.29) is 17.0 Å². The molecule has 0 amide bonds. The number of carbonyl (C=O) groups is 1. The molecule has 2 aromatic rings. The first-order valence-corrected chi connectivity index (χ1v) is 10.5. The van der Waals surface area contributed by atoms with Crippen molar-refractivity contribution in [2.45, 2.75) is 32.7 Å². The van der Waals surface area contributed by atoms with Gasteiger partial charge in [0.2, 0.25) is 0 Å². The standard InChI is InChI=1S/C23H28ClNO6/c1-23(2,13-30-4)21-9-14-8-20(31-7-5-6-29-3)17(24)10-15(14)18-11-19(26)16(22(27)28)12-25(18)21/h8,10-12,21H,5-7,9,13H2,1-4H3,(H,27,28)/t21-/m0/s1. The highest BCUT2D eigenvalue weighted by molar-refractivity contribution is 6.32. The van der Waals surface area contributed by atoms with E-state index in [0.29, 0.717) is 42.7 Å². The average molecular weight is 450 g/mol. The van der Waals surface area contributed by atoms with Crippen LogP contribution in [-0.2, 0) is 15.9 Å². The Labute approximate surface area is 186 Å². The summed E-state index contributed by atoms with van der Waals surface area (Å²) in [5.41, 5.74) is 1.31. The van der Waals surface area contributed by atoms with Gasteiger partial charge in [0.1, 0.15) is 11.3 Å². The van der Waals surface area contributed by atoms with Gasteiger partial charge in [-0.15, -0.1) is 0 Å². The van der Waals surface area contributed by atoms with Gasteiger partial charge in [0.25, 0.3) is 0 Å². The van der Waals surface area contributed by atoms with Crippen LogP contribution in [0, 0.1) is 5.41 Å². The van der Waals surface area contributed by atoms with Gasteiger partial charge in [-0.1, -0.05) is 25.4 Å². The van der Waals surface area contributed by atoms with E-state index in [2.05, 4.69) is 13.8 Å². The zero-order valence-electron chi connectivity index (χ0n) is 18.2. The maximum Gasteiger partial charge on any atom is 0.341 e. The summed E-state index contributed by atoms with van der Waals surface area (Å²) < 4.78 is 18.2. The molecule has 0 saturated heterocycles. The number of benzene rings is 1. The Kier molecular flexibility index (Phi) is 7.09. The molecular formula is C23H28ClNO6. The molecule has 7 nitrogen and oxygen atoms in total. The molecule has 3 rings (SSSR count). The summed E-state index contributed by atoms with van der Waals surface area (Å²) in [4.78, 5) is 24.1. The van der Waals surface area contributed by atoms with E-state index in [1.165, 1.54) is 12.3 Å². The molecule has 0 unspecified atom stereocenters. The van der Waals surface area contributed by atoms with Crippen molar-refractivity contribution in [1.82, 2.24) is 4.57 Å². The van der Waals surface area contributed by atoms with E-state index in [1.54, 1.807) is 20.3 Å². The molecule has 31 heavy (non-hydrogen) atoms. The van der Waals surface area contributed by atoms with E-state index in [0.717, 1.165) is 17.5 Å². The van der Waals surface area contributed by atoms with Crippen LogP contribution in [0.2, 0.25) is 5.02 Å². The molecule has 2 heterocycles. The van der Waals surface area contributed by atoms with Gasteiger partial charge in [-0.05, 0) is 24.1 Å². The molecule has 1 N–H and O–H groups in total. The monoisotopic (exact) mass is 449 g/mol. The van der Waals surface area contributed by atoms with Crippen molar-refractivity contribution < 1.29 is 24.1 Å². The summed E-state index contributed by atoms with van der Waals surface area (Å²) in [6, 6.07) is 4.95. The largest absolute Gasteiger partial charge is 0.492 e. The Morgan fingerprint density at radius 2 is 1.97 bits per heavy atom. The van der Waals surface area contributed by atoms with Crippen molar-refractivity contribution in [2.24, 2.45) is 5.41 Å². The van der Waals surface area contributed by atoms with E-state index in [4.69, 9.17) is 25.8 Å². The highest BCUT2D eigenvalue weighted by atomic mass is 35.5. The number of fused-ring (bicyclic) bond motifs is 3. The minimum Gasteiger partial charge on any atom is -0.492 e. The summed E-state index contributed by atoms with van der Waals surface area (Å²) >= 11 is 6.48. The number of pyridine rings is 1. The lowest BCUT2D eigenvalue weighted by atomic mass is 9.78. The molecule has 0 aliphatic carbocycles. The number of aromatic nitrogens is 1. The van der Waals surface area contributed by atoms with Crippen molar-refractivity contribution >= 4 is 17.6 Å². The van der Waals surface area contributed by atoms with Gasteiger partial charge in [-0.25, -0.2) is 4.79 Å². The molecule has 1 aliphatic heterocycles. The molecule has 8 heteroatoms. The normalized spacial score (nSPS) is 15.3. The number of carboxylic acid groups (broad SMARTS) is 1. The summed E-state index contributed by atoms with van der Waals surface area (Å²) in [5.74, 6) is -0.662. The highest BCUT2D eigenvalue weighted by Crippen LogP contribution is 2.45. The number of carboxylic acids is 1. The Balaban J connectivity index is 2.12. The summed E-state index contributed by atoms with van der Waals surface area (Å²) in [7, 11) is 3.28. The number of hydrogen-bond donors (Lipinski definition) is 1. The van der Waals surface area contributed by atoms with E-state index >= 15 is 0 Å².